The number of aryl methyl sites for hydroxylation is 1. The van der Waals surface area contributed by atoms with Crippen LogP contribution in [-0.2, 0) is 0 Å². The van der Waals surface area contributed by atoms with E-state index in [0.29, 0.717) is 22.8 Å². The first-order valence-electron chi connectivity index (χ1n) is 7.92. The third-order valence-corrected chi connectivity index (χ3v) is 4.99. The number of hydrogen-bond donors (Lipinski definition) is 1. The van der Waals surface area contributed by atoms with Gasteiger partial charge in [0.2, 0.25) is 5.82 Å². The highest BCUT2D eigenvalue weighted by Gasteiger charge is 2.51. The Hall–Kier alpha value is -2.57. The second-order valence-corrected chi connectivity index (χ2v) is 7.05. The Morgan fingerprint density at radius 3 is 2.54 bits per heavy atom. The summed E-state index contributed by atoms with van der Waals surface area (Å²) in [7, 11) is 3.65. The zero-order valence-electron chi connectivity index (χ0n) is 14.8. The fourth-order valence-corrected chi connectivity index (χ4v) is 3.27. The molecule has 1 unspecified atom stereocenters. The second-order valence-electron chi connectivity index (χ2n) is 7.05. The molecule has 1 aliphatic rings. The van der Waals surface area contributed by atoms with E-state index >= 15 is 0 Å². The van der Waals surface area contributed by atoms with Gasteiger partial charge in [-0.25, -0.2) is 0 Å². The predicted octanol–water partition coefficient (Wildman–Crippen LogP) is 0.445. The number of carboxylic acid groups (broad SMARTS) is 1. The van der Waals surface area contributed by atoms with Crippen LogP contribution in [0.4, 0.5) is 11.8 Å². The molecular formula is C17H22N4O3. The van der Waals surface area contributed by atoms with Crippen LogP contribution in [0, 0.1) is 12.8 Å². The molecule has 7 nitrogen and oxygen atoms in total. The number of nitrogens with zero attached hydrogens (tertiary/aromatic N) is 3. The molecule has 0 aliphatic carbocycles. The molecule has 3 rings (SSSR count). The number of aromatic nitrogens is 2. The van der Waals surface area contributed by atoms with Crippen LogP contribution in [0.25, 0.3) is 5.52 Å². The predicted molar refractivity (Wildman–Crippen MR) is 88.5 cm³/mol. The number of carbonyl (C=O) groups is 2. The van der Waals surface area contributed by atoms with Crippen molar-refractivity contribution in [2.24, 2.45) is 5.92 Å². The van der Waals surface area contributed by atoms with Crippen molar-refractivity contribution in [3.63, 3.8) is 0 Å². The van der Waals surface area contributed by atoms with E-state index in [1.54, 1.807) is 33.1 Å². The molecule has 0 saturated heterocycles. The molecule has 0 spiro atoms. The summed E-state index contributed by atoms with van der Waals surface area (Å²) in [5.41, 5.74) is 0.363. The highest BCUT2D eigenvalue weighted by Crippen LogP contribution is 2.38. The van der Waals surface area contributed by atoms with E-state index in [1.165, 1.54) is 0 Å². The minimum Gasteiger partial charge on any atom is -0.545 e. The van der Waals surface area contributed by atoms with E-state index in [4.69, 9.17) is 0 Å². The number of carboxylic acids is 1. The molecule has 0 saturated carbocycles. The molecule has 0 radical (unpaired) electrons. The minimum absolute atomic E-state index is 0.0381. The number of hydrogen-bond acceptors (Lipinski definition) is 5. The standard InChI is InChI=1S/C17H22N4O3/c1-9(2)17(4)15(24)21-13(18-17)12-11(14(22)23)10(3)7-8-20(12)16(21)19(5)6/h7-9,18H,1-6H3. The van der Waals surface area contributed by atoms with E-state index < -0.39 is 11.5 Å². The van der Waals surface area contributed by atoms with Crippen LogP contribution in [-0.4, -0.2) is 36.1 Å². The molecule has 2 aromatic heterocycles. The summed E-state index contributed by atoms with van der Waals surface area (Å²) in [6.07, 6.45) is 1.78. The second kappa shape index (κ2) is 4.96. The maximum Gasteiger partial charge on any atom is 0.373 e. The first-order valence-corrected chi connectivity index (χ1v) is 7.92. The summed E-state index contributed by atoms with van der Waals surface area (Å²) in [6.45, 7) is 7.50. The summed E-state index contributed by atoms with van der Waals surface area (Å²) < 4.78 is 3.29. The third-order valence-electron chi connectivity index (χ3n) is 4.99. The molecule has 0 aromatic carbocycles. The van der Waals surface area contributed by atoms with Crippen molar-refractivity contribution in [2.75, 3.05) is 24.3 Å². The summed E-state index contributed by atoms with van der Waals surface area (Å²) in [6, 6.07) is 1.72. The van der Waals surface area contributed by atoms with Crippen molar-refractivity contribution in [3.8, 4) is 0 Å². The van der Waals surface area contributed by atoms with Gasteiger partial charge in [0, 0.05) is 5.56 Å². The lowest BCUT2D eigenvalue weighted by Gasteiger charge is -2.25. The molecule has 7 heteroatoms. The maximum atomic E-state index is 13.1. The number of aromatic carboxylic acids is 1. The van der Waals surface area contributed by atoms with Crippen molar-refractivity contribution in [1.29, 1.82) is 0 Å². The number of imidazole rings is 1. The fourth-order valence-electron chi connectivity index (χ4n) is 3.27. The highest BCUT2D eigenvalue weighted by molar-refractivity contribution is 6.06. The maximum absolute atomic E-state index is 13.1. The Labute approximate surface area is 140 Å². The molecular weight excluding hydrogens is 308 g/mol. The average Bonchev–Trinajstić information content (AvgIpc) is 2.92. The fraction of sp³-hybridized carbons (Fsp3) is 0.471. The van der Waals surface area contributed by atoms with Gasteiger partial charge in [-0.3, -0.25) is 9.69 Å². The zero-order chi connectivity index (χ0) is 18.0. The zero-order valence-corrected chi connectivity index (χ0v) is 14.8. The minimum atomic E-state index is -1.25. The van der Waals surface area contributed by atoms with Crippen LogP contribution in [0.5, 0.6) is 0 Å². The van der Waals surface area contributed by atoms with Gasteiger partial charge in [0.1, 0.15) is 5.54 Å². The largest absolute Gasteiger partial charge is 0.545 e. The van der Waals surface area contributed by atoms with Gasteiger partial charge in [0.15, 0.2) is 5.52 Å². The van der Waals surface area contributed by atoms with Crippen molar-refractivity contribution in [2.45, 2.75) is 33.2 Å². The molecule has 1 atom stereocenters. The molecule has 0 amide bonds. The first-order chi connectivity index (χ1) is 11.1. The Bertz CT molecular complexity index is 882. The van der Waals surface area contributed by atoms with Crippen molar-refractivity contribution < 1.29 is 19.1 Å². The van der Waals surface area contributed by atoms with Crippen molar-refractivity contribution in [3.05, 3.63) is 23.4 Å². The molecule has 1 N–H and O–H groups in total. The highest BCUT2D eigenvalue weighted by atomic mass is 16.4. The monoisotopic (exact) mass is 330 g/mol. The van der Waals surface area contributed by atoms with E-state index in [2.05, 4.69) is 5.32 Å². The lowest BCUT2D eigenvalue weighted by Crippen LogP contribution is -2.46. The molecule has 24 heavy (non-hydrogen) atoms. The number of anilines is 2. The van der Waals surface area contributed by atoms with Gasteiger partial charge in [-0.1, -0.05) is 13.8 Å². The number of carbonyl (C=O) groups excluding carboxylic acids is 2. The number of rotatable bonds is 3. The molecule has 128 valence electrons. The van der Waals surface area contributed by atoms with Crippen LogP contribution < -0.4 is 19.7 Å². The van der Waals surface area contributed by atoms with Crippen LogP contribution in [0.15, 0.2) is 12.3 Å². The normalized spacial score (nSPS) is 19.7. The molecule has 3 heterocycles. The Kier molecular flexibility index (Phi) is 3.37. The lowest BCUT2D eigenvalue weighted by molar-refractivity contribution is -0.497. The number of pyridine rings is 1. The molecule has 0 fully saturated rings. The van der Waals surface area contributed by atoms with Crippen LogP contribution in [0.3, 0.4) is 0 Å². The van der Waals surface area contributed by atoms with Gasteiger partial charge in [-0.15, -0.1) is 4.57 Å². The topological polar surface area (TPSA) is 81.5 Å². The molecule has 2 aromatic rings. The van der Waals surface area contributed by atoms with E-state index in [0.717, 1.165) is 0 Å². The van der Waals surface area contributed by atoms with E-state index in [-0.39, 0.29) is 17.4 Å². The SMILES string of the molecule is Cc1cc[n+]2c(N(C)C)n3c(c2c1C(=O)[O-])NC(C)(C(C)C)C3=O. The Morgan fingerprint density at radius 1 is 1.42 bits per heavy atom. The van der Waals surface area contributed by atoms with Crippen LogP contribution >= 0.6 is 0 Å². The van der Waals surface area contributed by atoms with Gasteiger partial charge in [0.25, 0.3) is 0 Å². The van der Waals surface area contributed by atoms with Crippen molar-refractivity contribution in [1.82, 2.24) is 4.57 Å². The summed E-state index contributed by atoms with van der Waals surface area (Å²) in [4.78, 5) is 26.7. The third kappa shape index (κ3) is 1.87. The quantitative estimate of drug-likeness (QED) is 0.826. The smallest absolute Gasteiger partial charge is 0.373 e. The Morgan fingerprint density at radius 2 is 2.04 bits per heavy atom. The van der Waals surface area contributed by atoms with Crippen molar-refractivity contribution >= 4 is 29.2 Å². The average molecular weight is 330 g/mol. The Balaban J connectivity index is 2.47. The van der Waals surface area contributed by atoms with Gasteiger partial charge in [-0.2, -0.15) is 4.40 Å². The first kappa shape index (κ1) is 16.3. The van der Waals surface area contributed by atoms with Crippen LogP contribution in [0.1, 0.15) is 41.5 Å². The number of fused-ring (bicyclic) bond motifs is 3. The lowest BCUT2D eigenvalue weighted by atomic mass is 9.88. The summed E-state index contributed by atoms with van der Waals surface area (Å²) in [5.74, 6) is -0.207. The summed E-state index contributed by atoms with van der Waals surface area (Å²) >= 11 is 0. The van der Waals surface area contributed by atoms with E-state index in [9.17, 15) is 14.7 Å². The van der Waals surface area contributed by atoms with Gasteiger partial charge in [0.05, 0.1) is 26.3 Å². The molecule has 1 aliphatic heterocycles. The number of nitrogens with one attached hydrogen (secondary N) is 1. The van der Waals surface area contributed by atoms with Gasteiger partial charge >= 0.3 is 11.9 Å². The van der Waals surface area contributed by atoms with Crippen LogP contribution in [0.2, 0.25) is 0 Å². The molecule has 0 bridgehead atoms. The summed E-state index contributed by atoms with van der Waals surface area (Å²) in [5, 5.41) is 15.0. The van der Waals surface area contributed by atoms with Gasteiger partial charge < -0.3 is 15.2 Å². The van der Waals surface area contributed by atoms with Gasteiger partial charge in [-0.05, 0) is 31.4 Å². The van der Waals surface area contributed by atoms with E-state index in [1.807, 2.05) is 34.9 Å².